The Balaban J connectivity index is 5.46. The highest BCUT2D eigenvalue weighted by molar-refractivity contribution is 7.92. The van der Waals surface area contributed by atoms with Crippen LogP contribution in [0.5, 0.6) is 0 Å². The lowest BCUT2D eigenvalue weighted by Gasteiger charge is -2.23. The molecule has 7 N–H and O–H groups in total. The first-order valence-electron chi connectivity index (χ1n) is 13.6. The van der Waals surface area contributed by atoms with Gasteiger partial charge in [0.2, 0.25) is 5.91 Å². The fraction of sp³-hybridized carbons (Fsp3) is 0.571. The van der Waals surface area contributed by atoms with Crippen LogP contribution in [-0.2, 0) is 29.0 Å². The molecule has 0 aromatic carbocycles. The van der Waals surface area contributed by atoms with Gasteiger partial charge >= 0.3 is 17.9 Å². The highest BCUT2D eigenvalue weighted by atomic mass is 32.2. The number of aliphatic hydroxyl groups is 1. The van der Waals surface area contributed by atoms with E-state index in [1.54, 1.807) is 12.2 Å². The number of sulfone groups is 1. The van der Waals surface area contributed by atoms with Gasteiger partial charge in [0.15, 0.2) is 9.84 Å². The van der Waals surface area contributed by atoms with E-state index in [0.717, 1.165) is 25.7 Å². The molecule has 0 saturated carbocycles. The third-order valence-corrected chi connectivity index (χ3v) is 8.00. The first-order valence-corrected chi connectivity index (χ1v) is 15.3. The Morgan fingerprint density at radius 1 is 0.854 bits per heavy atom. The smallest absolute Gasteiger partial charge is 0.327 e. The summed E-state index contributed by atoms with van der Waals surface area (Å²) >= 11 is 0. The number of carbonyl (C=O) groups is 4. The molecule has 13 heteroatoms. The summed E-state index contributed by atoms with van der Waals surface area (Å²) in [5.41, 5.74) is 5.33. The molecule has 0 rings (SSSR count). The van der Waals surface area contributed by atoms with Crippen molar-refractivity contribution in [2.45, 2.75) is 94.6 Å². The van der Waals surface area contributed by atoms with Crippen LogP contribution >= 0.6 is 0 Å². The maximum absolute atomic E-state index is 13.2. The van der Waals surface area contributed by atoms with E-state index in [4.69, 9.17) is 15.9 Å². The van der Waals surface area contributed by atoms with Gasteiger partial charge in [-0.1, -0.05) is 68.4 Å². The average molecular weight is 601 g/mol. The zero-order chi connectivity index (χ0) is 31.3. The van der Waals surface area contributed by atoms with Crippen LogP contribution in [0.25, 0.3) is 0 Å². The molecule has 232 valence electrons. The Labute approximate surface area is 241 Å². The second kappa shape index (κ2) is 21.5. The van der Waals surface area contributed by atoms with Gasteiger partial charge < -0.3 is 31.5 Å². The molecule has 41 heavy (non-hydrogen) atoms. The van der Waals surface area contributed by atoms with Crippen molar-refractivity contribution >= 4 is 33.7 Å². The molecular formula is C28H44N2O10S. The van der Waals surface area contributed by atoms with Crippen molar-refractivity contribution in [3.63, 3.8) is 0 Å². The quantitative estimate of drug-likeness (QED) is 0.0567. The van der Waals surface area contributed by atoms with Crippen LogP contribution < -0.4 is 11.1 Å². The van der Waals surface area contributed by atoms with Gasteiger partial charge in [0.05, 0.1) is 11.9 Å². The standard InChI is InChI=1S/C28H44N2O10S/c1-2-3-4-5-6-7-8-9-10-11-12-13-16-24(23(31)15-14-17-26(33)34)41(39,40)20-22(28(37)38)30-25(32)19-18-21(29)27(35)36/h6-7,9-13,16,21-24,31H,2-5,8,14-15,17-20,29H2,1H3,(H,30,32)(H,33,34)(H,35,36)(H,37,38)/b7-6+,10-9+,12-11+,16-13+. The van der Waals surface area contributed by atoms with Gasteiger partial charge in [-0.2, -0.15) is 0 Å². The number of carbonyl (C=O) groups excluding carboxylic acids is 1. The maximum atomic E-state index is 13.2. The Hall–Kier alpha value is -3.29. The van der Waals surface area contributed by atoms with E-state index in [-0.39, 0.29) is 25.7 Å². The van der Waals surface area contributed by atoms with Crippen LogP contribution in [0.2, 0.25) is 0 Å². The molecular weight excluding hydrogens is 556 g/mol. The van der Waals surface area contributed by atoms with E-state index in [2.05, 4.69) is 18.3 Å². The fourth-order valence-corrected chi connectivity index (χ4v) is 5.43. The van der Waals surface area contributed by atoms with Crippen LogP contribution in [0.4, 0.5) is 0 Å². The van der Waals surface area contributed by atoms with Crippen molar-refractivity contribution in [3.05, 3.63) is 48.6 Å². The van der Waals surface area contributed by atoms with Gasteiger partial charge in [-0.3, -0.25) is 14.4 Å². The number of hydrogen-bond acceptors (Lipinski definition) is 8. The van der Waals surface area contributed by atoms with E-state index in [0.29, 0.717) is 0 Å². The Morgan fingerprint density at radius 2 is 1.54 bits per heavy atom. The van der Waals surface area contributed by atoms with Gasteiger partial charge in [-0.15, -0.1) is 0 Å². The average Bonchev–Trinajstić information content (AvgIpc) is 2.88. The first-order chi connectivity index (χ1) is 19.3. The van der Waals surface area contributed by atoms with Crippen LogP contribution in [0, 0.1) is 0 Å². The number of carboxylic acids is 3. The van der Waals surface area contributed by atoms with Crippen LogP contribution in [0.15, 0.2) is 48.6 Å². The second-order valence-corrected chi connectivity index (χ2v) is 11.7. The van der Waals surface area contributed by atoms with Crippen LogP contribution in [0.1, 0.15) is 71.1 Å². The molecule has 0 aromatic heterocycles. The largest absolute Gasteiger partial charge is 0.481 e. The minimum absolute atomic E-state index is 0.0101. The monoisotopic (exact) mass is 600 g/mol. The molecule has 1 amide bonds. The van der Waals surface area contributed by atoms with Gasteiger partial charge in [-0.25, -0.2) is 13.2 Å². The zero-order valence-corrected chi connectivity index (χ0v) is 24.2. The van der Waals surface area contributed by atoms with Gasteiger partial charge in [0.25, 0.3) is 0 Å². The highest BCUT2D eigenvalue weighted by Gasteiger charge is 2.35. The van der Waals surface area contributed by atoms with Crippen molar-refractivity contribution in [3.8, 4) is 0 Å². The third kappa shape index (κ3) is 18.6. The lowest BCUT2D eigenvalue weighted by atomic mass is 10.1. The number of nitrogens with two attached hydrogens (primary N) is 1. The minimum Gasteiger partial charge on any atom is -0.481 e. The number of nitrogens with one attached hydrogen (secondary N) is 1. The summed E-state index contributed by atoms with van der Waals surface area (Å²) in [6.45, 7) is 2.14. The molecule has 0 radical (unpaired) electrons. The highest BCUT2D eigenvalue weighted by Crippen LogP contribution is 2.17. The summed E-state index contributed by atoms with van der Waals surface area (Å²) in [7, 11) is -4.38. The molecule has 12 nitrogen and oxygen atoms in total. The second-order valence-electron chi connectivity index (χ2n) is 9.49. The van der Waals surface area contributed by atoms with Crippen molar-refractivity contribution in [2.24, 2.45) is 5.73 Å². The number of carboxylic acid groups (broad SMARTS) is 3. The third-order valence-electron chi connectivity index (χ3n) is 5.90. The minimum atomic E-state index is -4.38. The van der Waals surface area contributed by atoms with Crippen LogP contribution in [0.3, 0.4) is 0 Å². The summed E-state index contributed by atoms with van der Waals surface area (Å²) in [5, 5.41) is 38.2. The molecule has 0 saturated heterocycles. The van der Waals surface area contributed by atoms with Crippen molar-refractivity contribution in [1.82, 2.24) is 5.32 Å². The lowest BCUT2D eigenvalue weighted by molar-refractivity contribution is -0.141. The summed E-state index contributed by atoms with van der Waals surface area (Å²) < 4.78 is 26.3. The number of rotatable bonds is 23. The summed E-state index contributed by atoms with van der Waals surface area (Å²) in [6.07, 6.45) is 16.1. The van der Waals surface area contributed by atoms with E-state index in [9.17, 15) is 37.8 Å². The number of aliphatic hydroxyl groups excluding tert-OH is 1. The predicted octanol–water partition coefficient (Wildman–Crippen LogP) is 2.34. The predicted molar refractivity (Wildman–Crippen MR) is 155 cm³/mol. The number of allylic oxidation sites excluding steroid dienone is 7. The number of aliphatic carboxylic acids is 3. The summed E-state index contributed by atoms with van der Waals surface area (Å²) in [6, 6.07) is -3.22. The Morgan fingerprint density at radius 3 is 2.15 bits per heavy atom. The first kappa shape index (κ1) is 37.7. The number of amides is 1. The molecule has 0 aromatic rings. The van der Waals surface area contributed by atoms with E-state index in [1.807, 2.05) is 12.2 Å². The molecule has 0 aliphatic heterocycles. The van der Waals surface area contributed by atoms with Gasteiger partial charge in [-0.05, 0) is 38.5 Å². The molecule has 0 aliphatic carbocycles. The van der Waals surface area contributed by atoms with E-state index < -0.39 is 69.3 Å². The van der Waals surface area contributed by atoms with Crippen LogP contribution in [-0.4, -0.2) is 81.8 Å². The molecule has 0 spiro atoms. The van der Waals surface area contributed by atoms with E-state index >= 15 is 0 Å². The normalized spacial score (nSPS) is 15.4. The molecule has 0 aliphatic rings. The van der Waals surface area contributed by atoms with E-state index in [1.165, 1.54) is 24.6 Å². The Kier molecular flexibility index (Phi) is 19.7. The summed E-state index contributed by atoms with van der Waals surface area (Å²) in [4.78, 5) is 45.4. The topological polar surface area (TPSA) is 221 Å². The van der Waals surface area contributed by atoms with Crippen molar-refractivity contribution in [2.75, 3.05) is 5.75 Å². The lowest BCUT2D eigenvalue weighted by Crippen LogP contribution is -2.48. The van der Waals surface area contributed by atoms with Gasteiger partial charge in [0, 0.05) is 12.8 Å². The fourth-order valence-electron chi connectivity index (χ4n) is 3.57. The molecule has 0 bridgehead atoms. The maximum Gasteiger partial charge on any atom is 0.327 e. The Bertz CT molecular complexity index is 1050. The molecule has 0 fully saturated rings. The zero-order valence-electron chi connectivity index (χ0n) is 23.4. The molecule has 4 atom stereocenters. The molecule has 4 unspecified atom stereocenters. The van der Waals surface area contributed by atoms with Crippen molar-refractivity contribution < 1.29 is 48.0 Å². The SMILES string of the molecule is CCCCC/C=C/C/C=C/C=C/C=C/C(C(O)CCCC(=O)O)S(=O)(=O)CC(NC(=O)CCC(N)C(=O)O)C(=O)O. The summed E-state index contributed by atoms with van der Waals surface area (Å²) in [5.74, 6) is -6.06. The number of unbranched alkanes of at least 4 members (excludes halogenated alkanes) is 3. The number of hydrogen-bond donors (Lipinski definition) is 6. The van der Waals surface area contributed by atoms with Crippen molar-refractivity contribution in [1.29, 1.82) is 0 Å². The molecule has 0 heterocycles. The van der Waals surface area contributed by atoms with Gasteiger partial charge in [0.1, 0.15) is 17.3 Å².